The van der Waals surface area contributed by atoms with Crippen LogP contribution in [-0.2, 0) is 16.1 Å². The van der Waals surface area contributed by atoms with Gasteiger partial charge in [0.1, 0.15) is 5.82 Å². The second kappa shape index (κ2) is 6.66. The van der Waals surface area contributed by atoms with Crippen molar-refractivity contribution in [2.24, 2.45) is 0 Å². The van der Waals surface area contributed by atoms with E-state index in [-0.39, 0.29) is 31.8 Å². The topological polar surface area (TPSA) is 108 Å². The fourth-order valence-corrected chi connectivity index (χ4v) is 1.97. The number of halogens is 1. The summed E-state index contributed by atoms with van der Waals surface area (Å²) in [5.41, 5.74) is 0.710. The summed E-state index contributed by atoms with van der Waals surface area (Å²) in [5.74, 6) is -2.33. The van der Waals surface area contributed by atoms with Crippen LogP contribution >= 0.6 is 0 Å². The Kier molecular flexibility index (Phi) is 4.89. The number of carboxylic acid groups (broad SMARTS) is 1. The van der Waals surface area contributed by atoms with Crippen LogP contribution in [0.25, 0.3) is 0 Å². The van der Waals surface area contributed by atoms with Gasteiger partial charge >= 0.3 is 13.1 Å². The molecule has 0 unspecified atom stereocenters. The average molecular weight is 296 g/mol. The van der Waals surface area contributed by atoms with Gasteiger partial charge in [0.15, 0.2) is 0 Å². The van der Waals surface area contributed by atoms with E-state index in [1.807, 2.05) is 0 Å². The normalized spacial score (nSPS) is 13.1. The van der Waals surface area contributed by atoms with Gasteiger partial charge in [0.25, 0.3) is 5.91 Å². The second-order valence-electron chi connectivity index (χ2n) is 4.52. The number of rotatable bonds is 6. The maximum absolute atomic E-state index is 13.8. The van der Waals surface area contributed by atoms with Gasteiger partial charge in [-0.2, -0.15) is 0 Å². The minimum Gasteiger partial charge on any atom is -0.480 e. The van der Waals surface area contributed by atoms with Crippen LogP contribution in [0.1, 0.15) is 15.9 Å². The van der Waals surface area contributed by atoms with E-state index in [1.54, 1.807) is 0 Å². The molecule has 112 valence electrons. The van der Waals surface area contributed by atoms with E-state index in [2.05, 4.69) is 10.6 Å². The zero-order chi connectivity index (χ0) is 15.4. The third-order valence-corrected chi connectivity index (χ3v) is 3.00. The van der Waals surface area contributed by atoms with Crippen molar-refractivity contribution in [1.82, 2.24) is 10.6 Å². The van der Waals surface area contributed by atoms with Crippen LogP contribution in [0.5, 0.6) is 0 Å². The highest BCUT2D eigenvalue weighted by molar-refractivity contribution is 6.61. The molecule has 1 aromatic carbocycles. The molecule has 7 nitrogen and oxygen atoms in total. The number of carbonyl (C=O) groups is 2. The third-order valence-electron chi connectivity index (χ3n) is 3.00. The molecule has 0 radical (unpaired) electrons. The number of hydrogen-bond acceptors (Lipinski definition) is 5. The SMILES string of the molecule is O=C(O)CNCCNC(=O)c1cc2c(cc1F)COB2O. The first kappa shape index (κ1) is 15.4. The summed E-state index contributed by atoms with van der Waals surface area (Å²) >= 11 is 0. The molecule has 9 heteroatoms. The van der Waals surface area contributed by atoms with Crippen molar-refractivity contribution in [2.75, 3.05) is 19.6 Å². The fraction of sp³-hybridized carbons (Fsp3) is 0.333. The molecule has 0 atom stereocenters. The van der Waals surface area contributed by atoms with Gasteiger partial charge in [-0.3, -0.25) is 9.59 Å². The van der Waals surface area contributed by atoms with Crippen LogP contribution < -0.4 is 16.1 Å². The predicted molar refractivity (Wildman–Crippen MR) is 71.6 cm³/mol. The number of hydrogen-bond donors (Lipinski definition) is 4. The number of aliphatic carboxylic acids is 1. The smallest absolute Gasteiger partial charge is 0.480 e. The number of benzene rings is 1. The molecule has 2 rings (SSSR count). The maximum Gasteiger partial charge on any atom is 0.491 e. The number of carboxylic acids is 1. The van der Waals surface area contributed by atoms with E-state index in [4.69, 9.17) is 9.76 Å². The van der Waals surface area contributed by atoms with Gasteiger partial charge in [-0.05, 0) is 23.2 Å². The largest absolute Gasteiger partial charge is 0.491 e. The summed E-state index contributed by atoms with van der Waals surface area (Å²) in [7, 11) is -1.15. The predicted octanol–water partition coefficient (Wildman–Crippen LogP) is -1.55. The highest BCUT2D eigenvalue weighted by Gasteiger charge is 2.29. The lowest BCUT2D eigenvalue weighted by Crippen LogP contribution is -2.35. The standard InChI is InChI=1S/C12H14BFN2O5/c14-10-3-7-6-21-13(20)9(7)4-8(10)12(19)16-2-1-15-5-11(17)18/h3-4,15,20H,1-2,5-6H2,(H,16,19)(H,17,18). The van der Waals surface area contributed by atoms with Crippen LogP contribution in [0.15, 0.2) is 12.1 Å². The molecule has 1 heterocycles. The van der Waals surface area contributed by atoms with Crippen molar-refractivity contribution in [3.05, 3.63) is 29.1 Å². The fourth-order valence-electron chi connectivity index (χ4n) is 1.97. The van der Waals surface area contributed by atoms with Crippen molar-refractivity contribution >= 4 is 24.5 Å². The Balaban J connectivity index is 1.94. The lowest BCUT2D eigenvalue weighted by molar-refractivity contribution is -0.135. The quantitative estimate of drug-likeness (QED) is 0.374. The lowest BCUT2D eigenvalue weighted by Gasteiger charge is -2.08. The summed E-state index contributed by atoms with van der Waals surface area (Å²) < 4.78 is 18.8. The molecular weight excluding hydrogens is 282 g/mol. The molecule has 0 fully saturated rings. The van der Waals surface area contributed by atoms with Gasteiger partial charge in [0.2, 0.25) is 0 Å². The van der Waals surface area contributed by atoms with Crippen LogP contribution in [0.4, 0.5) is 4.39 Å². The maximum atomic E-state index is 13.8. The summed E-state index contributed by atoms with van der Waals surface area (Å²) in [6.07, 6.45) is 0. The van der Waals surface area contributed by atoms with Crippen molar-refractivity contribution in [3.8, 4) is 0 Å². The summed E-state index contributed by atoms with van der Waals surface area (Å²) in [6, 6.07) is 2.44. The molecule has 0 aliphatic carbocycles. The Morgan fingerprint density at radius 3 is 2.86 bits per heavy atom. The molecule has 0 saturated heterocycles. The first-order valence-electron chi connectivity index (χ1n) is 6.31. The molecule has 1 aromatic rings. The lowest BCUT2D eigenvalue weighted by atomic mass is 9.78. The Hall–Kier alpha value is -1.97. The molecule has 0 bridgehead atoms. The van der Waals surface area contributed by atoms with E-state index in [9.17, 15) is 19.0 Å². The van der Waals surface area contributed by atoms with Gasteiger partial charge in [-0.25, -0.2) is 4.39 Å². The van der Waals surface area contributed by atoms with E-state index < -0.39 is 24.8 Å². The van der Waals surface area contributed by atoms with Crippen molar-refractivity contribution < 1.29 is 28.8 Å². The Morgan fingerprint density at radius 1 is 1.38 bits per heavy atom. The molecule has 0 aromatic heterocycles. The van der Waals surface area contributed by atoms with E-state index in [0.29, 0.717) is 11.0 Å². The number of fused-ring (bicyclic) bond motifs is 1. The zero-order valence-electron chi connectivity index (χ0n) is 11.1. The molecule has 0 spiro atoms. The monoisotopic (exact) mass is 296 g/mol. The van der Waals surface area contributed by atoms with Gasteiger partial charge in [-0.1, -0.05) is 0 Å². The summed E-state index contributed by atoms with van der Waals surface area (Å²) in [6.45, 7) is 0.291. The van der Waals surface area contributed by atoms with Crippen molar-refractivity contribution in [2.45, 2.75) is 6.61 Å². The zero-order valence-corrected chi connectivity index (χ0v) is 11.1. The molecule has 1 amide bonds. The van der Waals surface area contributed by atoms with E-state index >= 15 is 0 Å². The minimum atomic E-state index is -1.15. The van der Waals surface area contributed by atoms with Crippen molar-refractivity contribution in [3.63, 3.8) is 0 Å². The van der Waals surface area contributed by atoms with Crippen molar-refractivity contribution in [1.29, 1.82) is 0 Å². The van der Waals surface area contributed by atoms with Gasteiger partial charge < -0.3 is 25.4 Å². The molecule has 0 saturated carbocycles. The highest BCUT2D eigenvalue weighted by Crippen LogP contribution is 2.15. The number of nitrogens with one attached hydrogen (secondary N) is 2. The molecule has 4 N–H and O–H groups in total. The van der Waals surface area contributed by atoms with Crippen LogP contribution in [0.2, 0.25) is 0 Å². The number of amides is 1. The first-order valence-corrected chi connectivity index (χ1v) is 6.31. The second-order valence-corrected chi connectivity index (χ2v) is 4.52. The van der Waals surface area contributed by atoms with Gasteiger partial charge in [0, 0.05) is 13.1 Å². The molecule has 1 aliphatic rings. The molecule has 21 heavy (non-hydrogen) atoms. The van der Waals surface area contributed by atoms with E-state index in [1.165, 1.54) is 12.1 Å². The highest BCUT2D eigenvalue weighted by atomic mass is 19.1. The molecular formula is C12H14BFN2O5. The van der Waals surface area contributed by atoms with E-state index in [0.717, 1.165) is 0 Å². The van der Waals surface area contributed by atoms with Crippen LogP contribution in [-0.4, -0.2) is 48.8 Å². The minimum absolute atomic E-state index is 0.106. The average Bonchev–Trinajstić information content (AvgIpc) is 2.77. The van der Waals surface area contributed by atoms with Gasteiger partial charge in [-0.15, -0.1) is 0 Å². The van der Waals surface area contributed by atoms with Gasteiger partial charge in [0.05, 0.1) is 18.7 Å². The number of carbonyl (C=O) groups excluding carboxylic acids is 1. The molecule has 1 aliphatic heterocycles. The first-order chi connectivity index (χ1) is 9.99. The Bertz CT molecular complexity index is 569. The summed E-state index contributed by atoms with van der Waals surface area (Å²) in [5, 5.41) is 23.0. The third kappa shape index (κ3) is 3.78. The Labute approximate surface area is 120 Å². The Morgan fingerprint density at radius 2 is 2.14 bits per heavy atom. The van der Waals surface area contributed by atoms with Crippen LogP contribution in [0.3, 0.4) is 0 Å². The summed E-state index contributed by atoms with van der Waals surface area (Å²) in [4.78, 5) is 22.1. The van der Waals surface area contributed by atoms with Crippen LogP contribution in [0, 0.1) is 5.82 Å².